The summed E-state index contributed by atoms with van der Waals surface area (Å²) in [4.78, 5) is 14.8. The lowest BCUT2D eigenvalue weighted by Gasteiger charge is -2.11. The zero-order valence-electron chi connectivity index (χ0n) is 16.3. The van der Waals surface area contributed by atoms with Crippen molar-refractivity contribution < 1.29 is 14.3 Å². The van der Waals surface area contributed by atoms with Gasteiger partial charge in [-0.1, -0.05) is 12.1 Å². The molecule has 0 bridgehead atoms. The number of ether oxygens (including phenoxy) is 2. The van der Waals surface area contributed by atoms with Crippen molar-refractivity contribution in [3.63, 3.8) is 0 Å². The van der Waals surface area contributed by atoms with Crippen molar-refractivity contribution in [3.05, 3.63) is 64.7 Å². The van der Waals surface area contributed by atoms with E-state index in [0.29, 0.717) is 11.5 Å². The first-order valence-electron chi connectivity index (χ1n) is 8.96. The number of hydrogen-bond acceptors (Lipinski definition) is 4. The molecule has 0 atom stereocenters. The molecule has 4 nitrogen and oxygen atoms in total. The molecule has 0 unspecified atom stereocenters. The van der Waals surface area contributed by atoms with Crippen LogP contribution < -0.4 is 14.4 Å². The van der Waals surface area contributed by atoms with Crippen molar-refractivity contribution in [2.75, 3.05) is 33.2 Å². The molecule has 1 fully saturated rings. The summed E-state index contributed by atoms with van der Waals surface area (Å²) in [6.07, 6.45) is 5.44. The van der Waals surface area contributed by atoms with Crippen molar-refractivity contribution in [2.45, 2.75) is 12.8 Å². The van der Waals surface area contributed by atoms with Crippen molar-refractivity contribution in [2.24, 2.45) is 0 Å². The largest absolute Gasteiger partial charge is 0.497 e. The number of ketones is 1. The van der Waals surface area contributed by atoms with Crippen LogP contribution in [-0.4, -0.2) is 34.1 Å². The molecule has 140 valence electrons. The van der Waals surface area contributed by atoms with Crippen molar-refractivity contribution in [1.29, 1.82) is 0 Å². The Labute approximate surface area is 160 Å². The molecule has 2 aromatic carbocycles. The lowest BCUT2D eigenvalue weighted by atomic mass is 10.1. The Balaban J connectivity index is 1.83. The van der Waals surface area contributed by atoms with Gasteiger partial charge in [-0.3, -0.25) is 4.79 Å². The van der Waals surface area contributed by atoms with E-state index in [9.17, 15) is 4.79 Å². The van der Waals surface area contributed by atoms with Gasteiger partial charge in [0.15, 0.2) is 5.78 Å². The van der Waals surface area contributed by atoms with Crippen LogP contribution in [0.3, 0.4) is 0 Å². The summed E-state index contributed by atoms with van der Waals surface area (Å²) in [6, 6.07) is 13.8. The average Bonchev–Trinajstić information content (AvgIpc) is 3.01. The minimum Gasteiger partial charge on any atom is -0.497 e. The van der Waals surface area contributed by atoms with Gasteiger partial charge in [0.25, 0.3) is 0 Å². The first kappa shape index (κ1) is 18.8. The van der Waals surface area contributed by atoms with Crippen LogP contribution in [0.25, 0.3) is 12.2 Å². The quantitative estimate of drug-likeness (QED) is 0.728. The Morgan fingerprint density at radius 2 is 1.33 bits per heavy atom. The summed E-state index contributed by atoms with van der Waals surface area (Å²) in [5.74, 6) is 1.54. The number of methoxy groups -OCH3 is 2. The van der Waals surface area contributed by atoms with E-state index < -0.39 is 0 Å². The van der Waals surface area contributed by atoms with Crippen LogP contribution in [0.4, 0.5) is 5.69 Å². The molecule has 4 heteroatoms. The van der Waals surface area contributed by atoms with E-state index in [0.717, 1.165) is 40.8 Å². The topological polar surface area (TPSA) is 38.8 Å². The van der Waals surface area contributed by atoms with Crippen LogP contribution in [0.2, 0.25) is 0 Å². The maximum Gasteiger partial charge on any atom is 0.185 e. The maximum absolute atomic E-state index is 12.8. The third kappa shape index (κ3) is 4.40. The molecule has 0 heterocycles. The van der Waals surface area contributed by atoms with Crippen LogP contribution in [0.5, 0.6) is 11.5 Å². The number of benzene rings is 2. The van der Waals surface area contributed by atoms with E-state index >= 15 is 0 Å². The van der Waals surface area contributed by atoms with Gasteiger partial charge in [0.2, 0.25) is 0 Å². The monoisotopic (exact) mass is 363 g/mol. The summed E-state index contributed by atoms with van der Waals surface area (Å²) in [5.41, 5.74) is 4.78. The van der Waals surface area contributed by atoms with E-state index in [1.54, 1.807) is 14.2 Å². The molecular formula is C23H25NO3. The van der Waals surface area contributed by atoms with Crippen LogP contribution in [0, 0.1) is 0 Å². The number of carbonyl (C=O) groups excluding carboxylic acids is 1. The predicted octanol–water partition coefficient (Wildman–Crippen LogP) is 4.60. The molecule has 0 amide bonds. The Morgan fingerprint density at radius 1 is 0.815 bits per heavy atom. The van der Waals surface area contributed by atoms with Crippen LogP contribution >= 0.6 is 0 Å². The Bertz CT molecular complexity index is 870. The summed E-state index contributed by atoms with van der Waals surface area (Å²) >= 11 is 0. The van der Waals surface area contributed by atoms with Crippen molar-refractivity contribution in [3.8, 4) is 11.5 Å². The molecule has 0 radical (unpaired) electrons. The Hall–Kier alpha value is -3.01. The highest BCUT2D eigenvalue weighted by molar-refractivity contribution is 6.15. The summed E-state index contributed by atoms with van der Waals surface area (Å²) in [7, 11) is 7.26. The van der Waals surface area contributed by atoms with Crippen LogP contribution in [-0.2, 0) is 4.79 Å². The number of anilines is 1. The molecule has 2 aromatic rings. The maximum atomic E-state index is 12.8. The second kappa shape index (κ2) is 8.12. The fourth-order valence-corrected chi connectivity index (χ4v) is 3.16. The smallest absolute Gasteiger partial charge is 0.185 e. The van der Waals surface area contributed by atoms with Gasteiger partial charge in [-0.15, -0.1) is 0 Å². The van der Waals surface area contributed by atoms with E-state index in [2.05, 4.69) is 17.0 Å². The lowest BCUT2D eigenvalue weighted by molar-refractivity contribution is -0.111. The summed E-state index contributed by atoms with van der Waals surface area (Å²) in [6.45, 7) is 0. The van der Waals surface area contributed by atoms with Gasteiger partial charge in [-0.2, -0.15) is 0 Å². The summed E-state index contributed by atoms with van der Waals surface area (Å²) in [5, 5.41) is 0. The van der Waals surface area contributed by atoms with E-state index in [1.165, 1.54) is 0 Å². The molecule has 0 spiro atoms. The van der Waals surface area contributed by atoms with E-state index in [-0.39, 0.29) is 5.78 Å². The van der Waals surface area contributed by atoms with E-state index in [1.807, 2.05) is 56.6 Å². The highest BCUT2D eigenvalue weighted by Crippen LogP contribution is 2.31. The number of Topliss-reactive ketones (excluding diaryl/α,β-unsaturated/α-hetero) is 1. The number of hydrogen-bond donors (Lipinski definition) is 0. The van der Waals surface area contributed by atoms with Crippen molar-refractivity contribution >= 4 is 23.6 Å². The highest BCUT2D eigenvalue weighted by atomic mass is 16.5. The zero-order valence-corrected chi connectivity index (χ0v) is 16.3. The molecular weight excluding hydrogens is 338 g/mol. The van der Waals surface area contributed by atoms with Gasteiger partial charge in [0, 0.05) is 37.0 Å². The number of rotatable bonds is 5. The number of allylic oxidation sites excluding steroid dienone is 2. The molecule has 27 heavy (non-hydrogen) atoms. The minimum atomic E-state index is 0.119. The van der Waals surface area contributed by atoms with Gasteiger partial charge < -0.3 is 14.4 Å². The summed E-state index contributed by atoms with van der Waals surface area (Å²) < 4.78 is 10.6. The molecule has 0 aliphatic heterocycles. The third-order valence-corrected chi connectivity index (χ3v) is 4.71. The predicted molar refractivity (Wildman–Crippen MR) is 111 cm³/mol. The minimum absolute atomic E-state index is 0.119. The molecule has 0 saturated heterocycles. The standard InChI is InChI=1S/C23H25NO3/c1-24(2)20-9-5-16(6-10-20)11-18-7-8-19(23(18)25)12-17-13-21(26-3)15-22(14-17)27-4/h5-6,9-15H,7-8H2,1-4H3/b18-11+,19-12+. The van der Waals surface area contributed by atoms with E-state index in [4.69, 9.17) is 9.47 Å². The molecule has 1 saturated carbocycles. The van der Waals surface area contributed by atoms with Gasteiger partial charge in [0.1, 0.15) is 11.5 Å². The Kier molecular flexibility index (Phi) is 5.65. The Morgan fingerprint density at radius 3 is 1.81 bits per heavy atom. The fourth-order valence-electron chi connectivity index (χ4n) is 3.16. The molecule has 1 aliphatic rings. The first-order chi connectivity index (χ1) is 13.0. The molecule has 0 N–H and O–H groups in total. The number of carbonyl (C=O) groups is 1. The van der Waals surface area contributed by atoms with Gasteiger partial charge in [-0.05, 0) is 60.4 Å². The van der Waals surface area contributed by atoms with Crippen LogP contribution in [0.15, 0.2) is 53.6 Å². The molecule has 1 aliphatic carbocycles. The zero-order chi connectivity index (χ0) is 19.4. The molecule has 3 rings (SSSR count). The lowest BCUT2D eigenvalue weighted by Crippen LogP contribution is -2.07. The van der Waals surface area contributed by atoms with Gasteiger partial charge >= 0.3 is 0 Å². The third-order valence-electron chi connectivity index (χ3n) is 4.71. The number of nitrogens with zero attached hydrogens (tertiary/aromatic N) is 1. The van der Waals surface area contributed by atoms with Gasteiger partial charge in [-0.25, -0.2) is 0 Å². The second-order valence-corrected chi connectivity index (χ2v) is 6.80. The first-order valence-corrected chi connectivity index (χ1v) is 8.96. The SMILES string of the molecule is COc1cc(/C=C2\CC/C(=C\c3ccc(N(C)C)cc3)C2=O)cc(OC)c1. The van der Waals surface area contributed by atoms with Crippen LogP contribution in [0.1, 0.15) is 24.0 Å². The fraction of sp³-hybridized carbons (Fsp3) is 0.261. The normalized spacial score (nSPS) is 16.8. The second-order valence-electron chi connectivity index (χ2n) is 6.80. The average molecular weight is 363 g/mol. The van der Waals surface area contributed by atoms with Crippen molar-refractivity contribution in [1.82, 2.24) is 0 Å². The van der Waals surface area contributed by atoms with Gasteiger partial charge in [0.05, 0.1) is 14.2 Å². The highest BCUT2D eigenvalue weighted by Gasteiger charge is 2.23. The molecule has 0 aromatic heterocycles.